The van der Waals surface area contributed by atoms with Crippen LogP contribution in [0.15, 0.2) is 22.9 Å². The molecule has 2 heterocycles. The van der Waals surface area contributed by atoms with Crippen LogP contribution in [0.4, 0.5) is 0 Å². The minimum absolute atomic E-state index is 0.0949. The highest BCUT2D eigenvalue weighted by molar-refractivity contribution is 9.10. The predicted molar refractivity (Wildman–Crippen MR) is 85.6 cm³/mol. The molecule has 2 rings (SSSR count). The smallest absolute Gasteiger partial charge is 0.0739 e. The van der Waals surface area contributed by atoms with Gasteiger partial charge in [-0.15, -0.1) is 0 Å². The van der Waals surface area contributed by atoms with E-state index in [1.54, 1.807) is 0 Å². The molecule has 0 aliphatic heterocycles. The molecule has 0 fully saturated rings. The number of aromatic nitrogens is 3. The SMILES string of the molecule is CCn1nc(C)c(Br)c1Cn1ccc(C(N)C(C)C)c1. The molecular weight excluding hydrogens is 316 g/mol. The lowest BCUT2D eigenvalue weighted by molar-refractivity contribution is 0.513. The fourth-order valence-corrected chi connectivity index (χ4v) is 2.74. The maximum atomic E-state index is 6.19. The first kappa shape index (κ1) is 15.3. The third-order valence-corrected chi connectivity index (χ3v) is 4.69. The van der Waals surface area contributed by atoms with Crippen LogP contribution in [0.3, 0.4) is 0 Å². The summed E-state index contributed by atoms with van der Waals surface area (Å²) in [5, 5.41) is 4.53. The van der Waals surface area contributed by atoms with Gasteiger partial charge in [0.25, 0.3) is 0 Å². The number of hydrogen-bond donors (Lipinski definition) is 1. The number of aryl methyl sites for hydroxylation is 2. The van der Waals surface area contributed by atoms with Gasteiger partial charge in [0, 0.05) is 25.0 Å². The third kappa shape index (κ3) is 2.99. The van der Waals surface area contributed by atoms with E-state index >= 15 is 0 Å². The minimum Gasteiger partial charge on any atom is -0.348 e. The first-order valence-corrected chi connectivity index (χ1v) is 7.86. The van der Waals surface area contributed by atoms with Crippen molar-refractivity contribution in [2.45, 2.75) is 46.8 Å². The van der Waals surface area contributed by atoms with Crippen LogP contribution in [0, 0.1) is 12.8 Å². The van der Waals surface area contributed by atoms with Crippen LogP contribution in [0.5, 0.6) is 0 Å². The van der Waals surface area contributed by atoms with Crippen LogP contribution in [0.25, 0.3) is 0 Å². The molecule has 5 heteroatoms. The van der Waals surface area contributed by atoms with E-state index in [9.17, 15) is 0 Å². The molecule has 110 valence electrons. The van der Waals surface area contributed by atoms with Crippen molar-refractivity contribution in [3.63, 3.8) is 0 Å². The molecule has 4 nitrogen and oxygen atoms in total. The Kier molecular flexibility index (Phi) is 4.70. The number of hydrogen-bond acceptors (Lipinski definition) is 2. The molecule has 2 aromatic rings. The Morgan fingerprint density at radius 2 is 2.10 bits per heavy atom. The molecule has 0 aliphatic carbocycles. The number of nitrogens with zero attached hydrogens (tertiary/aromatic N) is 3. The van der Waals surface area contributed by atoms with E-state index in [0.29, 0.717) is 5.92 Å². The third-order valence-electron chi connectivity index (χ3n) is 3.66. The topological polar surface area (TPSA) is 48.8 Å². The van der Waals surface area contributed by atoms with Gasteiger partial charge in [0.05, 0.1) is 22.4 Å². The quantitative estimate of drug-likeness (QED) is 0.907. The monoisotopic (exact) mass is 338 g/mol. The fraction of sp³-hybridized carbons (Fsp3) is 0.533. The predicted octanol–water partition coefficient (Wildman–Crippen LogP) is 3.48. The molecule has 0 saturated heterocycles. The minimum atomic E-state index is 0.0949. The molecule has 0 radical (unpaired) electrons. The van der Waals surface area contributed by atoms with Crippen molar-refractivity contribution >= 4 is 15.9 Å². The lowest BCUT2D eigenvalue weighted by atomic mass is 10.00. The molecule has 0 saturated carbocycles. The largest absolute Gasteiger partial charge is 0.348 e. The summed E-state index contributed by atoms with van der Waals surface area (Å²) in [6.07, 6.45) is 4.23. The van der Waals surface area contributed by atoms with Gasteiger partial charge in [0.1, 0.15) is 0 Å². The van der Waals surface area contributed by atoms with Crippen molar-refractivity contribution in [1.82, 2.24) is 14.3 Å². The summed E-state index contributed by atoms with van der Waals surface area (Å²) in [6, 6.07) is 2.20. The van der Waals surface area contributed by atoms with Gasteiger partial charge < -0.3 is 10.3 Å². The standard InChI is InChI=1S/C15H23BrN4/c1-5-20-13(14(16)11(4)18-20)9-19-7-6-12(8-19)15(17)10(2)3/h6-8,10,15H,5,9,17H2,1-4H3. The average molecular weight is 339 g/mol. The van der Waals surface area contributed by atoms with Gasteiger partial charge in [-0.05, 0) is 47.3 Å². The highest BCUT2D eigenvalue weighted by Gasteiger charge is 2.15. The average Bonchev–Trinajstić information content (AvgIpc) is 2.98. The van der Waals surface area contributed by atoms with Crippen LogP contribution in [-0.4, -0.2) is 14.3 Å². The molecule has 2 aromatic heterocycles. The summed E-state index contributed by atoms with van der Waals surface area (Å²) in [7, 11) is 0. The molecule has 0 aliphatic rings. The van der Waals surface area contributed by atoms with Gasteiger partial charge in [-0.1, -0.05) is 13.8 Å². The first-order chi connectivity index (χ1) is 9.43. The molecule has 0 amide bonds. The van der Waals surface area contributed by atoms with Crippen molar-refractivity contribution in [2.24, 2.45) is 11.7 Å². The molecule has 0 bridgehead atoms. The zero-order valence-electron chi connectivity index (χ0n) is 12.6. The lowest BCUT2D eigenvalue weighted by Gasteiger charge is -2.13. The van der Waals surface area contributed by atoms with Crippen LogP contribution in [0.2, 0.25) is 0 Å². The van der Waals surface area contributed by atoms with Crippen LogP contribution in [-0.2, 0) is 13.1 Å². The second kappa shape index (κ2) is 6.14. The fourth-order valence-electron chi connectivity index (χ4n) is 2.33. The molecule has 20 heavy (non-hydrogen) atoms. The van der Waals surface area contributed by atoms with E-state index < -0.39 is 0 Å². The summed E-state index contributed by atoms with van der Waals surface area (Å²) in [5.41, 5.74) is 9.62. The van der Waals surface area contributed by atoms with Gasteiger partial charge in [-0.3, -0.25) is 4.68 Å². The van der Waals surface area contributed by atoms with Gasteiger partial charge >= 0.3 is 0 Å². The van der Waals surface area contributed by atoms with Crippen LogP contribution < -0.4 is 5.73 Å². The molecular formula is C15H23BrN4. The van der Waals surface area contributed by atoms with Crippen molar-refractivity contribution in [3.8, 4) is 0 Å². The Morgan fingerprint density at radius 3 is 2.70 bits per heavy atom. The van der Waals surface area contributed by atoms with Crippen LogP contribution >= 0.6 is 15.9 Å². The summed E-state index contributed by atoms with van der Waals surface area (Å²) in [4.78, 5) is 0. The van der Waals surface area contributed by atoms with E-state index in [-0.39, 0.29) is 6.04 Å². The zero-order valence-corrected chi connectivity index (χ0v) is 14.2. The van der Waals surface area contributed by atoms with E-state index in [1.165, 1.54) is 11.3 Å². The van der Waals surface area contributed by atoms with E-state index in [1.807, 2.05) is 11.6 Å². The Hall–Kier alpha value is -1.07. The van der Waals surface area contributed by atoms with Crippen LogP contribution in [0.1, 0.15) is 43.8 Å². The van der Waals surface area contributed by atoms with Gasteiger partial charge in [0.15, 0.2) is 0 Å². The summed E-state index contributed by atoms with van der Waals surface area (Å²) in [5.74, 6) is 0.445. The maximum absolute atomic E-state index is 6.19. The Labute approximate surface area is 129 Å². The van der Waals surface area contributed by atoms with Crippen molar-refractivity contribution in [3.05, 3.63) is 39.9 Å². The second-order valence-electron chi connectivity index (χ2n) is 5.55. The number of nitrogens with two attached hydrogens (primary N) is 1. The van der Waals surface area contributed by atoms with E-state index in [2.05, 4.69) is 64.8 Å². The second-order valence-corrected chi connectivity index (χ2v) is 6.34. The number of halogens is 1. The molecule has 0 spiro atoms. The number of rotatable bonds is 5. The lowest BCUT2D eigenvalue weighted by Crippen LogP contribution is -2.16. The Bertz CT molecular complexity index is 583. The first-order valence-electron chi connectivity index (χ1n) is 7.07. The van der Waals surface area contributed by atoms with Crippen molar-refractivity contribution in [1.29, 1.82) is 0 Å². The van der Waals surface area contributed by atoms with Gasteiger partial charge in [-0.25, -0.2) is 0 Å². The highest BCUT2D eigenvalue weighted by atomic mass is 79.9. The highest BCUT2D eigenvalue weighted by Crippen LogP contribution is 2.24. The Morgan fingerprint density at radius 1 is 1.40 bits per heavy atom. The zero-order chi connectivity index (χ0) is 14.9. The van der Waals surface area contributed by atoms with E-state index in [0.717, 1.165) is 23.3 Å². The molecule has 1 unspecified atom stereocenters. The molecule has 2 N–H and O–H groups in total. The normalized spacial score (nSPS) is 13.2. The van der Waals surface area contributed by atoms with Gasteiger partial charge in [0.2, 0.25) is 0 Å². The summed E-state index contributed by atoms with van der Waals surface area (Å²) in [6.45, 7) is 10.1. The molecule has 1 atom stereocenters. The summed E-state index contributed by atoms with van der Waals surface area (Å²) >= 11 is 3.64. The van der Waals surface area contributed by atoms with E-state index in [4.69, 9.17) is 5.73 Å². The van der Waals surface area contributed by atoms with Crippen molar-refractivity contribution < 1.29 is 0 Å². The van der Waals surface area contributed by atoms with Gasteiger partial charge in [-0.2, -0.15) is 5.10 Å². The summed E-state index contributed by atoms with van der Waals surface area (Å²) < 4.78 is 5.31. The Balaban J connectivity index is 2.23. The van der Waals surface area contributed by atoms with Crippen molar-refractivity contribution in [2.75, 3.05) is 0 Å². The maximum Gasteiger partial charge on any atom is 0.0739 e. The molecule has 0 aromatic carbocycles.